The minimum absolute atomic E-state index is 0.148. The number of carbonyl (C=O) groups is 2. The number of benzene rings is 2. The Labute approximate surface area is 201 Å². The summed E-state index contributed by atoms with van der Waals surface area (Å²) in [4.78, 5) is 24.7. The molecule has 10 heteroatoms. The van der Waals surface area contributed by atoms with Gasteiger partial charge in [0, 0.05) is 18.1 Å². The molecule has 10 nitrogen and oxygen atoms in total. The zero-order valence-electron chi connectivity index (χ0n) is 19.6. The Morgan fingerprint density at radius 1 is 1.09 bits per heavy atom. The number of nitrogens with zero attached hydrogens (tertiary/aromatic N) is 4. The number of aryl methyl sites for hydroxylation is 3. The second-order valence-corrected chi connectivity index (χ2v) is 8.40. The van der Waals surface area contributed by atoms with E-state index in [0.717, 1.165) is 27.9 Å². The van der Waals surface area contributed by atoms with E-state index in [0.29, 0.717) is 23.6 Å². The minimum Gasteiger partial charge on any atom is -0.480 e. The Hall–Kier alpha value is -4.47. The van der Waals surface area contributed by atoms with Crippen LogP contribution in [-0.4, -0.2) is 43.2 Å². The fourth-order valence-electron chi connectivity index (χ4n) is 3.98. The molecule has 2 aromatic carbocycles. The third-order valence-electron chi connectivity index (χ3n) is 5.58. The molecular weight excluding hydrogens is 448 g/mol. The Bertz CT molecular complexity index is 1310. The molecule has 3 N–H and O–H groups in total. The average Bonchev–Trinajstić information content (AvgIpc) is 3.49. The maximum absolute atomic E-state index is 12.9. The van der Waals surface area contributed by atoms with Crippen molar-refractivity contribution >= 4 is 17.7 Å². The van der Waals surface area contributed by atoms with Crippen molar-refractivity contribution in [3.63, 3.8) is 0 Å². The summed E-state index contributed by atoms with van der Waals surface area (Å²) in [6.07, 6.45) is 3.41. The summed E-state index contributed by atoms with van der Waals surface area (Å²) in [5.74, 6) is -0.875. The number of carbonyl (C=O) groups excluding carboxylic acids is 1. The first-order valence-electron chi connectivity index (χ1n) is 11.1. The third-order valence-corrected chi connectivity index (χ3v) is 5.58. The van der Waals surface area contributed by atoms with Gasteiger partial charge in [0.1, 0.15) is 18.0 Å². The second-order valence-electron chi connectivity index (χ2n) is 8.40. The van der Waals surface area contributed by atoms with Gasteiger partial charge in [0.25, 0.3) is 5.91 Å². The molecule has 4 rings (SSSR count). The molecule has 0 radical (unpaired) electrons. The van der Waals surface area contributed by atoms with Crippen molar-refractivity contribution in [1.82, 2.24) is 25.5 Å². The van der Waals surface area contributed by atoms with Crippen LogP contribution in [0.4, 0.5) is 5.82 Å². The lowest BCUT2D eigenvalue weighted by atomic mass is 9.98. The number of rotatable bonds is 9. The van der Waals surface area contributed by atoms with Crippen molar-refractivity contribution < 1.29 is 19.2 Å². The van der Waals surface area contributed by atoms with E-state index in [9.17, 15) is 14.7 Å². The van der Waals surface area contributed by atoms with Crippen LogP contribution in [0.1, 0.15) is 38.3 Å². The topological polar surface area (TPSA) is 135 Å². The Morgan fingerprint density at radius 3 is 2.43 bits per heavy atom. The van der Waals surface area contributed by atoms with Crippen molar-refractivity contribution in [3.8, 4) is 5.69 Å². The van der Waals surface area contributed by atoms with Gasteiger partial charge in [-0.3, -0.25) is 4.79 Å². The smallest absolute Gasteiger partial charge is 0.326 e. The van der Waals surface area contributed by atoms with Gasteiger partial charge in [-0.15, -0.1) is 5.10 Å². The Balaban J connectivity index is 1.41. The lowest BCUT2D eigenvalue weighted by Gasteiger charge is -2.17. The first-order chi connectivity index (χ1) is 16.8. The van der Waals surface area contributed by atoms with E-state index >= 15 is 0 Å². The summed E-state index contributed by atoms with van der Waals surface area (Å²) >= 11 is 0. The van der Waals surface area contributed by atoms with E-state index in [1.54, 1.807) is 16.9 Å². The summed E-state index contributed by atoms with van der Waals surface area (Å²) < 4.78 is 6.40. The van der Waals surface area contributed by atoms with Gasteiger partial charge < -0.3 is 20.3 Å². The van der Waals surface area contributed by atoms with Gasteiger partial charge in [-0.2, -0.15) is 0 Å². The van der Waals surface area contributed by atoms with Crippen LogP contribution in [0.5, 0.6) is 0 Å². The quantitative estimate of drug-likeness (QED) is 0.337. The number of nitrogens with one attached hydrogen (secondary N) is 2. The molecule has 180 valence electrons. The van der Waals surface area contributed by atoms with Gasteiger partial charge in [0.05, 0.1) is 18.4 Å². The zero-order chi connectivity index (χ0) is 24.9. The zero-order valence-corrected chi connectivity index (χ0v) is 19.6. The van der Waals surface area contributed by atoms with Crippen LogP contribution in [0.25, 0.3) is 5.69 Å². The largest absolute Gasteiger partial charge is 0.480 e. The highest BCUT2D eigenvalue weighted by molar-refractivity contribution is 5.99. The van der Waals surface area contributed by atoms with Crippen LogP contribution in [0.3, 0.4) is 0 Å². The minimum atomic E-state index is -1.09. The van der Waals surface area contributed by atoms with Crippen LogP contribution in [0.15, 0.2) is 59.4 Å². The van der Waals surface area contributed by atoms with E-state index in [1.807, 2.05) is 57.2 Å². The second kappa shape index (κ2) is 10.2. The van der Waals surface area contributed by atoms with E-state index in [2.05, 4.69) is 26.1 Å². The number of aromatic nitrogens is 4. The standard InChI is InChI=1S/C25H26N6O4/c1-15-10-16(2)23(17(3)11-15)24(32)27-21(25(33)34)12-18-4-6-20(7-5-18)31-14-19(28-30-31)13-26-22-8-9-35-29-22/h4-11,14,21H,12-13H2,1-3H3,(H,26,29)(H,27,32)(H,33,34). The van der Waals surface area contributed by atoms with Crippen molar-refractivity contribution in [3.05, 3.63) is 88.4 Å². The number of aliphatic carboxylic acids is 1. The van der Waals surface area contributed by atoms with Crippen LogP contribution >= 0.6 is 0 Å². The first kappa shape index (κ1) is 23.7. The van der Waals surface area contributed by atoms with Gasteiger partial charge in [-0.05, 0) is 49.6 Å². The van der Waals surface area contributed by atoms with Crippen molar-refractivity contribution in [2.75, 3.05) is 5.32 Å². The highest BCUT2D eigenvalue weighted by Crippen LogP contribution is 2.17. The van der Waals surface area contributed by atoms with Crippen molar-refractivity contribution in [1.29, 1.82) is 0 Å². The number of amides is 1. The Morgan fingerprint density at radius 2 is 1.80 bits per heavy atom. The molecular formula is C25H26N6O4. The number of hydrogen-bond acceptors (Lipinski definition) is 7. The summed E-state index contributed by atoms with van der Waals surface area (Å²) in [6.45, 7) is 6.10. The molecule has 0 bridgehead atoms. The van der Waals surface area contributed by atoms with Crippen LogP contribution in [-0.2, 0) is 17.8 Å². The molecule has 0 aliphatic heterocycles. The molecule has 35 heavy (non-hydrogen) atoms. The monoisotopic (exact) mass is 474 g/mol. The van der Waals surface area contributed by atoms with Crippen molar-refractivity contribution in [2.24, 2.45) is 0 Å². The summed E-state index contributed by atoms with van der Waals surface area (Å²) in [7, 11) is 0. The van der Waals surface area contributed by atoms with Crippen LogP contribution < -0.4 is 10.6 Å². The SMILES string of the molecule is Cc1cc(C)c(C(=O)NC(Cc2ccc(-n3cc(CNc4ccon4)nn3)cc2)C(=O)O)c(C)c1. The molecule has 0 saturated heterocycles. The normalized spacial score (nSPS) is 11.7. The molecule has 2 heterocycles. The van der Waals surface area contributed by atoms with E-state index in [-0.39, 0.29) is 6.42 Å². The van der Waals surface area contributed by atoms with E-state index in [4.69, 9.17) is 4.52 Å². The average molecular weight is 475 g/mol. The van der Waals surface area contributed by atoms with Gasteiger partial charge >= 0.3 is 5.97 Å². The van der Waals surface area contributed by atoms with Gasteiger partial charge in [-0.25, -0.2) is 9.48 Å². The predicted octanol–water partition coefficient (Wildman–Crippen LogP) is 3.22. The number of anilines is 1. The molecule has 0 aliphatic rings. The molecule has 0 saturated carbocycles. The lowest BCUT2D eigenvalue weighted by Crippen LogP contribution is -2.42. The molecule has 1 atom stereocenters. The lowest BCUT2D eigenvalue weighted by molar-refractivity contribution is -0.139. The van der Waals surface area contributed by atoms with Crippen LogP contribution in [0, 0.1) is 20.8 Å². The van der Waals surface area contributed by atoms with Crippen LogP contribution in [0.2, 0.25) is 0 Å². The molecule has 0 fully saturated rings. The summed E-state index contributed by atoms with van der Waals surface area (Å²) in [6, 6.07) is 11.8. The van der Waals surface area contributed by atoms with Crippen molar-refractivity contribution in [2.45, 2.75) is 39.8 Å². The molecule has 0 spiro atoms. The predicted molar refractivity (Wildman–Crippen MR) is 128 cm³/mol. The maximum Gasteiger partial charge on any atom is 0.326 e. The fraction of sp³-hybridized carbons (Fsp3) is 0.240. The molecule has 2 aromatic heterocycles. The number of hydrogen-bond donors (Lipinski definition) is 3. The Kier molecular flexibility index (Phi) is 6.91. The van der Waals surface area contributed by atoms with Gasteiger partial charge in [0.15, 0.2) is 5.82 Å². The van der Waals surface area contributed by atoms with Gasteiger partial charge in [0.2, 0.25) is 0 Å². The highest BCUT2D eigenvalue weighted by atomic mass is 16.5. The fourth-order valence-corrected chi connectivity index (χ4v) is 3.98. The molecule has 1 amide bonds. The number of carboxylic acids is 1. The first-order valence-corrected chi connectivity index (χ1v) is 11.1. The molecule has 4 aromatic rings. The summed E-state index contributed by atoms with van der Waals surface area (Å²) in [5, 5.41) is 27.5. The summed E-state index contributed by atoms with van der Waals surface area (Å²) in [5.41, 5.74) is 5.46. The van der Waals surface area contributed by atoms with E-state index < -0.39 is 17.9 Å². The maximum atomic E-state index is 12.9. The molecule has 1 unspecified atom stereocenters. The van der Waals surface area contributed by atoms with E-state index in [1.165, 1.54) is 6.26 Å². The van der Waals surface area contributed by atoms with Gasteiger partial charge in [-0.1, -0.05) is 40.2 Å². The number of carboxylic acid groups (broad SMARTS) is 1. The third kappa shape index (κ3) is 5.72. The molecule has 0 aliphatic carbocycles. The highest BCUT2D eigenvalue weighted by Gasteiger charge is 2.23.